The number of rotatable bonds is 3. The maximum atomic E-state index is 10.9. The maximum Gasteiger partial charge on any atom is 0.153 e. The van der Waals surface area contributed by atoms with Gasteiger partial charge in [-0.3, -0.25) is 4.79 Å². The van der Waals surface area contributed by atoms with Gasteiger partial charge in [0.25, 0.3) is 0 Å². The van der Waals surface area contributed by atoms with Crippen molar-refractivity contribution in [2.75, 3.05) is 0 Å². The summed E-state index contributed by atoms with van der Waals surface area (Å²) in [5.74, 6) is 2.60. The van der Waals surface area contributed by atoms with Crippen LogP contribution in [-0.2, 0) is 11.8 Å². The van der Waals surface area contributed by atoms with Crippen LogP contribution in [0.15, 0.2) is 10.5 Å². The fourth-order valence-electron chi connectivity index (χ4n) is 1.84. The summed E-state index contributed by atoms with van der Waals surface area (Å²) in [6.45, 7) is 6.21. The second-order valence-corrected chi connectivity index (χ2v) is 5.51. The predicted molar refractivity (Wildman–Crippen MR) is 59.2 cm³/mol. The zero-order valence-corrected chi connectivity index (χ0v) is 9.67. The Labute approximate surface area is 90.7 Å². The highest BCUT2D eigenvalue weighted by Gasteiger charge is 2.27. The molecule has 1 heterocycles. The Bertz CT molecular complexity index is 364. The molecular formula is C13H18O2. The fourth-order valence-corrected chi connectivity index (χ4v) is 1.84. The van der Waals surface area contributed by atoms with Crippen LogP contribution in [0.5, 0.6) is 0 Å². The first kappa shape index (κ1) is 10.5. The van der Waals surface area contributed by atoms with Crippen LogP contribution in [0.25, 0.3) is 0 Å². The molecule has 2 heteroatoms. The van der Waals surface area contributed by atoms with Gasteiger partial charge in [-0.1, -0.05) is 20.8 Å². The van der Waals surface area contributed by atoms with E-state index < -0.39 is 0 Å². The van der Waals surface area contributed by atoms with Gasteiger partial charge in [0.1, 0.15) is 11.5 Å². The Hall–Kier alpha value is -1.05. The van der Waals surface area contributed by atoms with Gasteiger partial charge in [0.05, 0.1) is 5.56 Å². The molecule has 0 spiro atoms. The molecule has 0 atom stereocenters. The molecule has 2 nitrogen and oxygen atoms in total. The molecule has 0 saturated heterocycles. The number of carbonyl (C=O) groups is 1. The summed E-state index contributed by atoms with van der Waals surface area (Å²) < 4.78 is 5.79. The van der Waals surface area contributed by atoms with Gasteiger partial charge >= 0.3 is 0 Å². The largest absolute Gasteiger partial charge is 0.465 e. The van der Waals surface area contributed by atoms with E-state index in [1.807, 2.05) is 6.07 Å². The summed E-state index contributed by atoms with van der Waals surface area (Å²) >= 11 is 0. The monoisotopic (exact) mass is 206 g/mol. The molecule has 1 saturated carbocycles. The van der Waals surface area contributed by atoms with E-state index in [4.69, 9.17) is 4.42 Å². The highest BCUT2D eigenvalue weighted by Crippen LogP contribution is 2.35. The van der Waals surface area contributed by atoms with Crippen molar-refractivity contribution in [1.29, 1.82) is 0 Å². The molecule has 0 bridgehead atoms. The topological polar surface area (TPSA) is 30.2 Å². The Kier molecular flexibility index (Phi) is 2.45. The van der Waals surface area contributed by atoms with Crippen molar-refractivity contribution in [1.82, 2.24) is 0 Å². The Morgan fingerprint density at radius 1 is 1.47 bits per heavy atom. The first-order chi connectivity index (χ1) is 7.00. The summed E-state index contributed by atoms with van der Waals surface area (Å²) in [6.07, 6.45) is 4.52. The van der Waals surface area contributed by atoms with Crippen LogP contribution in [0.1, 0.15) is 55.5 Å². The van der Waals surface area contributed by atoms with Crippen LogP contribution >= 0.6 is 0 Å². The summed E-state index contributed by atoms with van der Waals surface area (Å²) in [6, 6.07) is 1.91. The van der Waals surface area contributed by atoms with Crippen LogP contribution in [-0.4, -0.2) is 6.29 Å². The molecule has 0 radical (unpaired) electrons. The molecule has 1 fully saturated rings. The van der Waals surface area contributed by atoms with Gasteiger partial charge in [0, 0.05) is 11.8 Å². The number of hydrogen-bond acceptors (Lipinski definition) is 2. The molecule has 0 aliphatic heterocycles. The Morgan fingerprint density at radius 3 is 2.53 bits per heavy atom. The first-order valence-corrected chi connectivity index (χ1v) is 5.59. The minimum atomic E-state index is -0.0853. The van der Waals surface area contributed by atoms with Gasteiger partial charge in [-0.2, -0.15) is 0 Å². The molecule has 15 heavy (non-hydrogen) atoms. The molecule has 0 amide bonds. The summed E-state index contributed by atoms with van der Waals surface area (Å²) in [5.41, 5.74) is 0.635. The third-order valence-electron chi connectivity index (χ3n) is 2.81. The SMILES string of the molecule is CC(C)(C)c1oc(CC2CC2)cc1C=O. The van der Waals surface area contributed by atoms with Crippen molar-refractivity contribution < 1.29 is 9.21 Å². The molecule has 0 N–H and O–H groups in total. The van der Waals surface area contributed by atoms with E-state index in [0.717, 1.165) is 35.7 Å². The van der Waals surface area contributed by atoms with Gasteiger partial charge < -0.3 is 4.42 Å². The van der Waals surface area contributed by atoms with Crippen LogP contribution in [0.2, 0.25) is 0 Å². The zero-order valence-electron chi connectivity index (χ0n) is 9.67. The zero-order chi connectivity index (χ0) is 11.1. The number of carbonyl (C=O) groups excluding carboxylic acids is 1. The van der Waals surface area contributed by atoms with E-state index in [0.29, 0.717) is 0 Å². The lowest BCUT2D eigenvalue weighted by atomic mass is 9.91. The standard InChI is InChI=1S/C13H18O2/c1-13(2,3)12-10(8-14)7-11(15-12)6-9-4-5-9/h7-9H,4-6H2,1-3H3. The second-order valence-electron chi connectivity index (χ2n) is 5.51. The second kappa shape index (κ2) is 3.51. The van der Waals surface area contributed by atoms with Gasteiger partial charge in [0.2, 0.25) is 0 Å². The number of aldehydes is 1. The highest BCUT2D eigenvalue weighted by atomic mass is 16.3. The number of hydrogen-bond donors (Lipinski definition) is 0. The molecular weight excluding hydrogens is 188 g/mol. The Morgan fingerprint density at radius 2 is 2.13 bits per heavy atom. The van der Waals surface area contributed by atoms with Crippen molar-refractivity contribution in [3.8, 4) is 0 Å². The summed E-state index contributed by atoms with van der Waals surface area (Å²) in [7, 11) is 0. The highest BCUT2D eigenvalue weighted by molar-refractivity contribution is 5.77. The molecule has 1 aromatic heterocycles. The predicted octanol–water partition coefficient (Wildman–Crippen LogP) is 3.34. The van der Waals surface area contributed by atoms with E-state index in [1.165, 1.54) is 12.8 Å². The molecule has 2 rings (SSSR count). The van der Waals surface area contributed by atoms with Crippen molar-refractivity contribution in [2.45, 2.75) is 45.4 Å². The minimum Gasteiger partial charge on any atom is -0.465 e. The number of furan rings is 1. The maximum absolute atomic E-state index is 10.9. The molecule has 0 aromatic carbocycles. The lowest BCUT2D eigenvalue weighted by molar-refractivity contribution is 0.112. The van der Waals surface area contributed by atoms with Gasteiger partial charge in [-0.25, -0.2) is 0 Å². The molecule has 1 aliphatic carbocycles. The smallest absolute Gasteiger partial charge is 0.153 e. The van der Waals surface area contributed by atoms with Gasteiger partial charge in [-0.05, 0) is 24.8 Å². The quantitative estimate of drug-likeness (QED) is 0.710. The van der Waals surface area contributed by atoms with E-state index in [9.17, 15) is 4.79 Å². The van der Waals surface area contributed by atoms with Crippen LogP contribution in [0.4, 0.5) is 0 Å². The van der Waals surface area contributed by atoms with Gasteiger partial charge in [0.15, 0.2) is 6.29 Å². The van der Waals surface area contributed by atoms with Crippen LogP contribution in [0.3, 0.4) is 0 Å². The van der Waals surface area contributed by atoms with Crippen LogP contribution < -0.4 is 0 Å². The van der Waals surface area contributed by atoms with Gasteiger partial charge in [-0.15, -0.1) is 0 Å². The summed E-state index contributed by atoms with van der Waals surface area (Å²) in [4.78, 5) is 10.9. The van der Waals surface area contributed by atoms with E-state index >= 15 is 0 Å². The normalized spacial score (nSPS) is 16.7. The van der Waals surface area contributed by atoms with E-state index in [2.05, 4.69) is 20.8 Å². The lowest BCUT2D eigenvalue weighted by Crippen LogP contribution is -2.11. The van der Waals surface area contributed by atoms with Crippen molar-refractivity contribution in [2.24, 2.45) is 5.92 Å². The fraction of sp³-hybridized carbons (Fsp3) is 0.615. The molecule has 1 aliphatic rings. The third-order valence-corrected chi connectivity index (χ3v) is 2.81. The van der Waals surface area contributed by atoms with Crippen molar-refractivity contribution in [3.63, 3.8) is 0 Å². The average Bonchev–Trinajstić information content (AvgIpc) is 2.81. The van der Waals surface area contributed by atoms with Crippen molar-refractivity contribution >= 4 is 6.29 Å². The third kappa shape index (κ3) is 2.31. The molecule has 1 aromatic rings. The van der Waals surface area contributed by atoms with Crippen molar-refractivity contribution in [3.05, 3.63) is 23.2 Å². The van der Waals surface area contributed by atoms with Crippen LogP contribution in [0, 0.1) is 5.92 Å². The lowest BCUT2D eigenvalue weighted by Gasteiger charge is -2.15. The average molecular weight is 206 g/mol. The molecule has 82 valence electrons. The van der Waals surface area contributed by atoms with E-state index in [-0.39, 0.29) is 5.41 Å². The van der Waals surface area contributed by atoms with E-state index in [1.54, 1.807) is 0 Å². The summed E-state index contributed by atoms with van der Waals surface area (Å²) in [5, 5.41) is 0. The minimum absolute atomic E-state index is 0.0853. The Balaban J connectivity index is 2.27. The first-order valence-electron chi connectivity index (χ1n) is 5.59. The molecule has 0 unspecified atom stereocenters.